The van der Waals surface area contributed by atoms with Gasteiger partial charge in [-0.25, -0.2) is 8.78 Å². The molecule has 0 radical (unpaired) electrons. The van der Waals surface area contributed by atoms with Crippen molar-refractivity contribution in [3.05, 3.63) is 46.5 Å². The predicted molar refractivity (Wildman–Crippen MR) is 90.5 cm³/mol. The Bertz CT molecular complexity index is 743. The molecule has 5 nitrogen and oxygen atoms in total. The van der Waals surface area contributed by atoms with Crippen LogP contribution in [0.3, 0.4) is 0 Å². The molecule has 2 N–H and O–H groups in total. The fraction of sp³-hybridized carbons (Fsp3) is 0.294. The summed E-state index contributed by atoms with van der Waals surface area (Å²) >= 11 is 5.99. The molecule has 0 spiro atoms. The van der Waals surface area contributed by atoms with E-state index in [2.05, 4.69) is 0 Å². The number of methoxy groups -OCH3 is 2. The number of nitrogen functional groups attached to an aromatic ring is 1. The summed E-state index contributed by atoms with van der Waals surface area (Å²) < 4.78 is 48.5. The van der Waals surface area contributed by atoms with Crippen LogP contribution in [-0.4, -0.2) is 27.4 Å². The summed E-state index contributed by atoms with van der Waals surface area (Å²) in [7, 11) is 2.89. The Hall–Kier alpha value is -2.25. The number of anilines is 1. The van der Waals surface area contributed by atoms with Gasteiger partial charge in [0.2, 0.25) is 0 Å². The Morgan fingerprint density at radius 1 is 1.00 bits per heavy atom. The Kier molecular flexibility index (Phi) is 6.66. The van der Waals surface area contributed by atoms with Crippen LogP contribution >= 0.6 is 11.6 Å². The maximum atomic E-state index is 14.0. The van der Waals surface area contributed by atoms with Crippen molar-refractivity contribution in [2.24, 2.45) is 0 Å². The average molecular weight is 374 g/mol. The number of rotatable bonds is 8. The highest BCUT2D eigenvalue weighted by atomic mass is 35.5. The highest BCUT2D eigenvalue weighted by Crippen LogP contribution is 2.36. The summed E-state index contributed by atoms with van der Waals surface area (Å²) in [5, 5.41) is 0.286. The Morgan fingerprint density at radius 3 is 2.40 bits per heavy atom. The maximum absolute atomic E-state index is 14.0. The number of benzene rings is 2. The van der Waals surface area contributed by atoms with Crippen molar-refractivity contribution >= 4 is 17.3 Å². The number of ether oxygens (including phenoxy) is 4. The van der Waals surface area contributed by atoms with Crippen molar-refractivity contribution in [1.82, 2.24) is 0 Å². The van der Waals surface area contributed by atoms with Gasteiger partial charge in [-0.05, 0) is 12.1 Å². The van der Waals surface area contributed by atoms with Gasteiger partial charge in [0.15, 0.2) is 23.1 Å². The minimum Gasteiger partial charge on any atom is -0.496 e. The Balaban J connectivity index is 2.25. The average Bonchev–Trinajstić information content (AvgIpc) is 2.60. The standard InChI is InChI=1S/C17H18ClF2NO4/c1-22-5-6-24-15-7-11(18)13(21)8-16(15)25-9-10-14(23-2)4-3-12(19)17(10)20/h3-4,7-8H,5-6,9,21H2,1-2H3. The molecule has 0 aliphatic heterocycles. The lowest BCUT2D eigenvalue weighted by atomic mass is 10.2. The van der Waals surface area contributed by atoms with Crippen molar-refractivity contribution < 1.29 is 27.7 Å². The third kappa shape index (κ3) is 4.64. The van der Waals surface area contributed by atoms with Crippen molar-refractivity contribution in [2.45, 2.75) is 6.61 Å². The van der Waals surface area contributed by atoms with Crippen LogP contribution in [0.4, 0.5) is 14.5 Å². The van der Waals surface area contributed by atoms with Gasteiger partial charge in [-0.3, -0.25) is 0 Å². The highest BCUT2D eigenvalue weighted by molar-refractivity contribution is 6.33. The van der Waals surface area contributed by atoms with Crippen LogP contribution in [0.2, 0.25) is 5.02 Å². The first kappa shape index (κ1) is 19.1. The fourth-order valence-corrected chi connectivity index (χ4v) is 2.22. The van der Waals surface area contributed by atoms with Crippen LogP contribution in [0.5, 0.6) is 17.2 Å². The second kappa shape index (κ2) is 8.73. The molecule has 8 heteroatoms. The molecule has 0 aromatic heterocycles. The molecule has 0 unspecified atom stereocenters. The summed E-state index contributed by atoms with van der Waals surface area (Å²) in [6, 6.07) is 5.25. The van der Waals surface area contributed by atoms with Gasteiger partial charge in [0.05, 0.1) is 30.0 Å². The highest BCUT2D eigenvalue weighted by Gasteiger charge is 2.17. The molecular formula is C17H18ClF2NO4. The lowest BCUT2D eigenvalue weighted by molar-refractivity contribution is 0.142. The summed E-state index contributed by atoms with van der Waals surface area (Å²) in [4.78, 5) is 0. The third-order valence-electron chi connectivity index (χ3n) is 3.35. The predicted octanol–water partition coefficient (Wildman–Crippen LogP) is 3.81. The first-order valence-electron chi connectivity index (χ1n) is 7.32. The molecule has 0 aliphatic rings. The molecule has 0 saturated carbocycles. The van der Waals surface area contributed by atoms with Crippen LogP contribution < -0.4 is 19.9 Å². The van der Waals surface area contributed by atoms with Crippen molar-refractivity contribution in [3.8, 4) is 17.2 Å². The lowest BCUT2D eigenvalue weighted by Crippen LogP contribution is -2.08. The SMILES string of the molecule is COCCOc1cc(Cl)c(N)cc1OCc1c(OC)ccc(F)c1F. The molecule has 0 heterocycles. The molecule has 2 aromatic rings. The molecule has 2 aromatic carbocycles. The number of hydrogen-bond donors (Lipinski definition) is 1. The first-order valence-corrected chi connectivity index (χ1v) is 7.70. The molecule has 0 atom stereocenters. The van der Waals surface area contributed by atoms with Crippen LogP contribution in [0, 0.1) is 11.6 Å². The molecule has 0 amide bonds. The molecule has 0 fully saturated rings. The number of nitrogens with two attached hydrogens (primary N) is 1. The van der Waals surface area contributed by atoms with Crippen molar-refractivity contribution in [3.63, 3.8) is 0 Å². The van der Waals surface area contributed by atoms with Crippen LogP contribution in [0.15, 0.2) is 24.3 Å². The molecule has 25 heavy (non-hydrogen) atoms. The lowest BCUT2D eigenvalue weighted by Gasteiger charge is -2.16. The second-order valence-corrected chi connectivity index (χ2v) is 5.40. The van der Waals surface area contributed by atoms with Crippen LogP contribution in [0.1, 0.15) is 5.56 Å². The van der Waals surface area contributed by atoms with Crippen molar-refractivity contribution in [1.29, 1.82) is 0 Å². The number of halogens is 3. The quantitative estimate of drug-likeness (QED) is 0.563. The van der Waals surface area contributed by atoms with Crippen LogP contribution in [-0.2, 0) is 11.3 Å². The molecule has 0 bridgehead atoms. The van der Waals surface area contributed by atoms with E-state index in [-0.39, 0.29) is 41.0 Å². The topological polar surface area (TPSA) is 62.9 Å². The van der Waals surface area contributed by atoms with Gasteiger partial charge in [-0.15, -0.1) is 0 Å². The second-order valence-electron chi connectivity index (χ2n) is 4.99. The normalized spacial score (nSPS) is 10.6. The minimum absolute atomic E-state index is 0.0566. The zero-order valence-electron chi connectivity index (χ0n) is 13.8. The first-order chi connectivity index (χ1) is 12.0. The van der Waals surface area contributed by atoms with E-state index in [1.165, 1.54) is 32.4 Å². The van der Waals surface area contributed by atoms with Crippen molar-refractivity contribution in [2.75, 3.05) is 33.2 Å². The zero-order chi connectivity index (χ0) is 18.4. The van der Waals surface area contributed by atoms with Gasteiger partial charge in [-0.2, -0.15) is 0 Å². The van der Waals surface area contributed by atoms with E-state index in [4.69, 9.17) is 36.3 Å². The maximum Gasteiger partial charge on any atom is 0.169 e. The van der Waals surface area contributed by atoms with E-state index in [1.54, 1.807) is 0 Å². The summed E-state index contributed by atoms with van der Waals surface area (Å²) in [6.45, 7) is 0.326. The van der Waals surface area contributed by atoms with E-state index in [9.17, 15) is 8.78 Å². The zero-order valence-corrected chi connectivity index (χ0v) is 14.5. The molecular weight excluding hydrogens is 356 g/mol. The number of hydrogen-bond acceptors (Lipinski definition) is 5. The van der Waals surface area contributed by atoms with Gasteiger partial charge < -0.3 is 24.7 Å². The van der Waals surface area contributed by atoms with Gasteiger partial charge in [0.25, 0.3) is 0 Å². The van der Waals surface area contributed by atoms with Gasteiger partial charge in [0, 0.05) is 19.2 Å². The summed E-state index contributed by atoms with van der Waals surface area (Å²) in [5.41, 5.74) is 5.98. The monoisotopic (exact) mass is 373 g/mol. The molecule has 136 valence electrons. The van der Waals surface area contributed by atoms with Crippen LogP contribution in [0.25, 0.3) is 0 Å². The van der Waals surface area contributed by atoms with Gasteiger partial charge >= 0.3 is 0 Å². The largest absolute Gasteiger partial charge is 0.496 e. The fourth-order valence-electron chi connectivity index (χ4n) is 2.06. The smallest absolute Gasteiger partial charge is 0.169 e. The van der Waals surface area contributed by atoms with E-state index < -0.39 is 11.6 Å². The third-order valence-corrected chi connectivity index (χ3v) is 3.68. The minimum atomic E-state index is -1.04. The van der Waals surface area contributed by atoms with Gasteiger partial charge in [-0.1, -0.05) is 11.6 Å². The Labute approximate surface area is 149 Å². The summed E-state index contributed by atoms with van der Waals surface area (Å²) in [5.74, 6) is -1.31. The van der Waals surface area contributed by atoms with E-state index in [1.807, 2.05) is 0 Å². The van der Waals surface area contributed by atoms with E-state index in [0.29, 0.717) is 12.4 Å². The molecule has 2 rings (SSSR count). The molecule has 0 aliphatic carbocycles. The molecule has 0 saturated heterocycles. The van der Waals surface area contributed by atoms with Gasteiger partial charge in [0.1, 0.15) is 19.0 Å². The van der Waals surface area contributed by atoms with E-state index >= 15 is 0 Å². The summed E-state index contributed by atoms with van der Waals surface area (Å²) in [6.07, 6.45) is 0. The Morgan fingerprint density at radius 2 is 1.72 bits per heavy atom. The van der Waals surface area contributed by atoms with E-state index in [0.717, 1.165) is 6.07 Å².